The fourth-order valence-corrected chi connectivity index (χ4v) is 2.30. The first-order valence-corrected chi connectivity index (χ1v) is 6.44. The highest BCUT2D eigenvalue weighted by Gasteiger charge is 2.11. The van der Waals surface area contributed by atoms with Crippen LogP contribution in [0.2, 0.25) is 5.02 Å². The minimum atomic E-state index is -0.568. The lowest BCUT2D eigenvalue weighted by Gasteiger charge is -2.06. The van der Waals surface area contributed by atoms with Crippen molar-refractivity contribution in [3.8, 4) is 0 Å². The maximum absolute atomic E-state index is 10.4. The van der Waals surface area contributed by atoms with E-state index in [0.717, 1.165) is 9.26 Å². The van der Waals surface area contributed by atoms with Crippen molar-refractivity contribution >= 4 is 45.8 Å². The quantitative estimate of drug-likeness (QED) is 0.495. The average Bonchev–Trinajstić information content (AvgIpc) is 2.76. The van der Waals surface area contributed by atoms with Gasteiger partial charge in [-0.25, -0.2) is 0 Å². The summed E-state index contributed by atoms with van der Waals surface area (Å²) in [5.41, 5.74) is 0.760. The highest BCUT2D eigenvalue weighted by atomic mass is 127. The second-order valence-electron chi connectivity index (χ2n) is 3.47. The van der Waals surface area contributed by atoms with Crippen molar-refractivity contribution in [1.82, 2.24) is 0 Å². The third kappa shape index (κ3) is 3.14. The molecule has 1 aromatic heterocycles. The van der Waals surface area contributed by atoms with E-state index < -0.39 is 4.92 Å². The molecule has 0 saturated carbocycles. The summed E-state index contributed by atoms with van der Waals surface area (Å²) in [4.78, 5) is 9.88. The zero-order valence-electron chi connectivity index (χ0n) is 9.02. The molecule has 18 heavy (non-hydrogen) atoms. The second-order valence-corrected chi connectivity index (χ2v) is 5.13. The van der Waals surface area contributed by atoms with E-state index in [1.54, 1.807) is 6.07 Å². The van der Waals surface area contributed by atoms with Crippen LogP contribution in [0.15, 0.2) is 34.7 Å². The zero-order chi connectivity index (χ0) is 13.1. The molecule has 0 saturated heterocycles. The van der Waals surface area contributed by atoms with Crippen LogP contribution in [0.5, 0.6) is 0 Å². The summed E-state index contributed by atoms with van der Waals surface area (Å²) < 4.78 is 6.06. The lowest BCUT2D eigenvalue weighted by Crippen LogP contribution is -1.98. The smallest absolute Gasteiger partial charge is 0.404 e. The van der Waals surface area contributed by atoms with Crippen molar-refractivity contribution < 1.29 is 9.34 Å². The number of hydrogen-bond donors (Lipinski definition) is 1. The molecule has 0 aliphatic heterocycles. The first kappa shape index (κ1) is 13.2. The molecule has 0 aliphatic rings. The van der Waals surface area contributed by atoms with Gasteiger partial charge in [0.2, 0.25) is 0 Å². The molecule has 2 rings (SSSR count). The summed E-state index contributed by atoms with van der Waals surface area (Å²) in [7, 11) is 0. The molecule has 2 aromatic rings. The van der Waals surface area contributed by atoms with Gasteiger partial charge in [0.05, 0.1) is 23.3 Å². The van der Waals surface area contributed by atoms with Crippen LogP contribution >= 0.6 is 34.2 Å². The fraction of sp³-hybridized carbons (Fsp3) is 0.0909. The summed E-state index contributed by atoms with van der Waals surface area (Å²) in [5.74, 6) is 0.219. The maximum Gasteiger partial charge on any atom is 0.433 e. The Balaban J connectivity index is 2.04. The van der Waals surface area contributed by atoms with Gasteiger partial charge in [0.1, 0.15) is 10.7 Å². The topological polar surface area (TPSA) is 68.3 Å². The van der Waals surface area contributed by atoms with Gasteiger partial charge in [0.25, 0.3) is 0 Å². The van der Waals surface area contributed by atoms with Crippen LogP contribution in [0.25, 0.3) is 0 Å². The standard InChI is InChI=1S/C11H8ClIN2O3/c12-9-5-7(13)1-3-10(9)14-6-8-2-4-11(18-8)15(16)17/h1-5,14H,6H2. The Kier molecular flexibility index (Phi) is 4.07. The molecule has 0 fully saturated rings. The predicted molar refractivity (Wildman–Crippen MR) is 76.9 cm³/mol. The van der Waals surface area contributed by atoms with Crippen molar-refractivity contribution in [2.75, 3.05) is 5.32 Å². The van der Waals surface area contributed by atoms with Crippen molar-refractivity contribution in [1.29, 1.82) is 0 Å². The zero-order valence-corrected chi connectivity index (χ0v) is 11.9. The van der Waals surface area contributed by atoms with Crippen molar-refractivity contribution in [2.24, 2.45) is 0 Å². The van der Waals surface area contributed by atoms with Gasteiger partial charge < -0.3 is 9.73 Å². The normalized spacial score (nSPS) is 10.3. The number of hydrogen-bond acceptors (Lipinski definition) is 4. The Morgan fingerprint density at radius 3 is 2.78 bits per heavy atom. The van der Waals surface area contributed by atoms with Gasteiger partial charge >= 0.3 is 5.88 Å². The van der Waals surface area contributed by atoms with E-state index in [1.165, 1.54) is 6.07 Å². The van der Waals surface area contributed by atoms with Gasteiger partial charge in [-0.15, -0.1) is 0 Å². The Morgan fingerprint density at radius 2 is 2.17 bits per heavy atom. The second kappa shape index (κ2) is 5.57. The van der Waals surface area contributed by atoms with Crippen LogP contribution in [0.3, 0.4) is 0 Å². The van der Waals surface area contributed by atoms with E-state index in [0.29, 0.717) is 17.3 Å². The lowest BCUT2D eigenvalue weighted by molar-refractivity contribution is -0.402. The molecular weight excluding hydrogens is 370 g/mol. The van der Waals surface area contributed by atoms with Gasteiger partial charge in [0, 0.05) is 3.57 Å². The maximum atomic E-state index is 10.4. The number of nitro groups is 1. The molecule has 5 nitrogen and oxygen atoms in total. The highest BCUT2D eigenvalue weighted by molar-refractivity contribution is 14.1. The monoisotopic (exact) mass is 378 g/mol. The number of furan rings is 1. The Bertz CT molecular complexity index is 585. The van der Waals surface area contributed by atoms with E-state index in [9.17, 15) is 10.1 Å². The fourth-order valence-electron chi connectivity index (χ4n) is 1.37. The van der Waals surface area contributed by atoms with Gasteiger partial charge in [-0.2, -0.15) is 0 Å². The van der Waals surface area contributed by atoms with Crippen molar-refractivity contribution in [3.63, 3.8) is 0 Å². The molecule has 1 N–H and O–H groups in total. The number of anilines is 1. The Morgan fingerprint density at radius 1 is 1.39 bits per heavy atom. The molecule has 7 heteroatoms. The molecule has 0 unspecified atom stereocenters. The molecule has 0 amide bonds. The number of nitrogens with one attached hydrogen (secondary N) is 1. The minimum absolute atomic E-state index is 0.263. The van der Waals surface area contributed by atoms with E-state index in [1.807, 2.05) is 18.2 Å². The van der Waals surface area contributed by atoms with Crippen LogP contribution in [0.4, 0.5) is 11.6 Å². The average molecular weight is 379 g/mol. The van der Waals surface area contributed by atoms with Crippen molar-refractivity contribution in [3.05, 3.63) is 54.8 Å². The SMILES string of the molecule is O=[N+]([O-])c1ccc(CNc2ccc(I)cc2Cl)o1. The lowest BCUT2D eigenvalue weighted by atomic mass is 10.3. The van der Waals surface area contributed by atoms with Crippen LogP contribution in [-0.2, 0) is 6.54 Å². The van der Waals surface area contributed by atoms with E-state index >= 15 is 0 Å². The highest BCUT2D eigenvalue weighted by Crippen LogP contribution is 2.25. The molecule has 1 heterocycles. The van der Waals surface area contributed by atoms with Crippen LogP contribution in [0, 0.1) is 13.7 Å². The number of rotatable bonds is 4. The molecule has 94 valence electrons. The van der Waals surface area contributed by atoms with Crippen LogP contribution in [0.1, 0.15) is 5.76 Å². The summed E-state index contributed by atoms with van der Waals surface area (Å²) in [6, 6.07) is 8.48. The molecule has 0 radical (unpaired) electrons. The third-order valence-corrected chi connectivity index (χ3v) is 3.20. The third-order valence-electron chi connectivity index (χ3n) is 2.21. The summed E-state index contributed by atoms with van der Waals surface area (Å²) >= 11 is 8.21. The van der Waals surface area contributed by atoms with Crippen LogP contribution < -0.4 is 5.32 Å². The largest absolute Gasteiger partial charge is 0.433 e. The number of nitrogens with zero attached hydrogens (tertiary/aromatic N) is 1. The van der Waals surface area contributed by atoms with Crippen LogP contribution in [-0.4, -0.2) is 4.92 Å². The van der Waals surface area contributed by atoms with Gasteiger partial charge in [-0.3, -0.25) is 10.1 Å². The Hall–Kier alpha value is -1.28. The minimum Gasteiger partial charge on any atom is -0.404 e. The molecule has 1 aromatic carbocycles. The predicted octanol–water partition coefficient (Wildman–Crippen LogP) is 4.06. The van der Waals surface area contributed by atoms with Crippen molar-refractivity contribution in [2.45, 2.75) is 6.54 Å². The first-order chi connectivity index (χ1) is 8.56. The number of benzene rings is 1. The van der Waals surface area contributed by atoms with E-state index in [4.69, 9.17) is 16.0 Å². The summed E-state index contributed by atoms with van der Waals surface area (Å²) in [6.45, 7) is 0.341. The van der Waals surface area contributed by atoms with E-state index in [2.05, 4.69) is 27.9 Å². The van der Waals surface area contributed by atoms with Gasteiger partial charge in [-0.1, -0.05) is 11.6 Å². The summed E-state index contributed by atoms with van der Waals surface area (Å²) in [6.07, 6.45) is 0. The molecular formula is C11H8ClIN2O3. The molecule has 0 spiro atoms. The molecule has 0 atom stereocenters. The molecule has 0 bridgehead atoms. The van der Waals surface area contributed by atoms with E-state index in [-0.39, 0.29) is 5.88 Å². The summed E-state index contributed by atoms with van der Waals surface area (Å²) in [5, 5.41) is 14.1. The number of halogens is 2. The first-order valence-electron chi connectivity index (χ1n) is 4.98. The molecule has 0 aliphatic carbocycles. The van der Waals surface area contributed by atoms with Gasteiger partial charge in [-0.05, 0) is 46.9 Å². The van der Waals surface area contributed by atoms with Gasteiger partial charge in [0.15, 0.2) is 0 Å². The Labute approximate surface area is 121 Å².